The number of sulfonamides is 1. The molecule has 1 fully saturated rings. The molecule has 1 atom stereocenters. The molecule has 236 valence electrons. The number of methoxy groups -OCH3 is 2. The summed E-state index contributed by atoms with van der Waals surface area (Å²) in [7, 11) is -0.284. The van der Waals surface area contributed by atoms with E-state index < -0.39 is 16.1 Å². The Labute approximate surface area is 261 Å². The van der Waals surface area contributed by atoms with Gasteiger partial charge >= 0.3 is 0 Å². The number of ether oxygens (including phenoxy) is 2. The van der Waals surface area contributed by atoms with Gasteiger partial charge in [0.15, 0.2) is 0 Å². The van der Waals surface area contributed by atoms with Crippen molar-refractivity contribution in [1.82, 2.24) is 14.5 Å². The van der Waals surface area contributed by atoms with Crippen molar-refractivity contribution >= 4 is 21.8 Å². The Morgan fingerprint density at radius 2 is 1.55 bits per heavy atom. The molecule has 0 aliphatic carbocycles. The average Bonchev–Trinajstić information content (AvgIpc) is 3.61. The maximum absolute atomic E-state index is 14.0. The van der Waals surface area contributed by atoms with Gasteiger partial charge < -0.3 is 19.7 Å². The van der Waals surface area contributed by atoms with Crippen LogP contribution in [0.4, 0.5) is 0 Å². The zero-order valence-corrected chi connectivity index (χ0v) is 26.4. The van der Waals surface area contributed by atoms with Crippen molar-refractivity contribution in [2.45, 2.75) is 56.0 Å². The van der Waals surface area contributed by atoms with Crippen molar-refractivity contribution in [3.63, 3.8) is 0 Å². The van der Waals surface area contributed by atoms with Gasteiger partial charge in [-0.2, -0.15) is 4.31 Å². The second kappa shape index (κ2) is 16.4. The molecule has 0 spiro atoms. The Kier molecular flexibility index (Phi) is 12.3. The van der Waals surface area contributed by atoms with Gasteiger partial charge in [-0.3, -0.25) is 9.59 Å². The minimum absolute atomic E-state index is 0.163. The van der Waals surface area contributed by atoms with E-state index in [0.29, 0.717) is 51.3 Å². The molecule has 1 saturated heterocycles. The third kappa shape index (κ3) is 9.14. The normalized spacial score (nSPS) is 14.2. The minimum Gasteiger partial charge on any atom is -0.497 e. The summed E-state index contributed by atoms with van der Waals surface area (Å²) in [5.41, 5.74) is 2.68. The molecule has 1 aliphatic rings. The van der Waals surface area contributed by atoms with Crippen molar-refractivity contribution in [3.8, 4) is 5.75 Å². The molecule has 3 aromatic carbocycles. The summed E-state index contributed by atoms with van der Waals surface area (Å²) in [4.78, 5) is 29.5. The van der Waals surface area contributed by atoms with Gasteiger partial charge in [-0.1, -0.05) is 54.6 Å². The highest BCUT2D eigenvalue weighted by Gasteiger charge is 2.30. The average molecular weight is 622 g/mol. The summed E-state index contributed by atoms with van der Waals surface area (Å²) in [6, 6.07) is 23.2. The summed E-state index contributed by atoms with van der Waals surface area (Å²) in [5, 5.41) is 3.00. The summed E-state index contributed by atoms with van der Waals surface area (Å²) in [6.07, 6.45) is 3.36. The van der Waals surface area contributed by atoms with Crippen LogP contribution in [0, 0.1) is 0 Å². The predicted octanol–water partition coefficient (Wildman–Crippen LogP) is 4.21. The number of carbonyl (C=O) groups is 2. The van der Waals surface area contributed by atoms with E-state index in [0.717, 1.165) is 29.5 Å². The van der Waals surface area contributed by atoms with Crippen LogP contribution >= 0.6 is 0 Å². The molecule has 2 amide bonds. The van der Waals surface area contributed by atoms with E-state index in [2.05, 4.69) is 5.32 Å². The molecule has 10 heteroatoms. The number of hydrogen-bond acceptors (Lipinski definition) is 6. The van der Waals surface area contributed by atoms with E-state index >= 15 is 0 Å². The van der Waals surface area contributed by atoms with Crippen LogP contribution in [-0.4, -0.2) is 75.9 Å². The van der Waals surface area contributed by atoms with Crippen molar-refractivity contribution in [1.29, 1.82) is 0 Å². The lowest BCUT2D eigenvalue weighted by atomic mass is 10.0. The molecule has 0 radical (unpaired) electrons. The zero-order valence-electron chi connectivity index (χ0n) is 25.6. The Bertz CT molecular complexity index is 1440. The SMILES string of the molecule is COCCCNC(=O)[C@@H](Cc1ccccc1)N(Cc1ccc(OC)cc1)C(=O)CCc1ccc(S(=O)(=O)N2CCCC2)cc1. The van der Waals surface area contributed by atoms with Gasteiger partial charge in [0.2, 0.25) is 21.8 Å². The lowest BCUT2D eigenvalue weighted by Crippen LogP contribution is -2.50. The van der Waals surface area contributed by atoms with Crippen LogP contribution in [0.3, 0.4) is 0 Å². The Morgan fingerprint density at radius 3 is 2.18 bits per heavy atom. The molecular weight excluding hydrogens is 578 g/mol. The molecule has 0 unspecified atom stereocenters. The molecule has 0 aromatic heterocycles. The Hall–Kier alpha value is -3.73. The summed E-state index contributed by atoms with van der Waals surface area (Å²) >= 11 is 0. The quantitative estimate of drug-likeness (QED) is 0.241. The first-order valence-electron chi connectivity index (χ1n) is 15.1. The molecule has 0 saturated carbocycles. The van der Waals surface area contributed by atoms with Crippen LogP contribution in [0.15, 0.2) is 83.8 Å². The first-order chi connectivity index (χ1) is 21.3. The maximum Gasteiger partial charge on any atom is 0.243 e. The van der Waals surface area contributed by atoms with E-state index in [1.165, 1.54) is 4.31 Å². The van der Waals surface area contributed by atoms with Crippen molar-refractivity contribution in [2.24, 2.45) is 0 Å². The van der Waals surface area contributed by atoms with Gasteiger partial charge in [0.1, 0.15) is 11.8 Å². The number of hydrogen-bond donors (Lipinski definition) is 1. The molecular formula is C34H43N3O6S. The maximum atomic E-state index is 14.0. The van der Waals surface area contributed by atoms with Gasteiger partial charge in [-0.15, -0.1) is 0 Å². The van der Waals surface area contributed by atoms with Crippen LogP contribution in [0.1, 0.15) is 42.4 Å². The number of carbonyl (C=O) groups excluding carboxylic acids is 2. The number of nitrogens with one attached hydrogen (secondary N) is 1. The first kappa shape index (κ1) is 33.2. The topological polar surface area (TPSA) is 105 Å². The van der Waals surface area contributed by atoms with E-state index in [1.807, 2.05) is 54.6 Å². The van der Waals surface area contributed by atoms with Crippen molar-refractivity contribution in [3.05, 3.63) is 95.6 Å². The van der Waals surface area contributed by atoms with E-state index in [9.17, 15) is 18.0 Å². The highest BCUT2D eigenvalue weighted by atomic mass is 32.2. The standard InChI is InChI=1S/C34H43N3O6S/c1-42-24-8-21-35-34(39)32(25-28-9-4-3-5-10-28)37(26-29-11-16-30(43-2)17-12-29)33(38)20-15-27-13-18-31(19-14-27)44(40,41)36-22-6-7-23-36/h3-5,9-14,16-19,32H,6-8,15,20-26H2,1-2H3,(H,35,39)/t32-/m1/s1. The summed E-state index contributed by atoms with van der Waals surface area (Å²) in [5.74, 6) is 0.324. The molecule has 0 bridgehead atoms. The van der Waals surface area contributed by atoms with Crippen molar-refractivity contribution < 1.29 is 27.5 Å². The van der Waals surface area contributed by atoms with Gasteiger partial charge in [-0.25, -0.2) is 8.42 Å². The van der Waals surface area contributed by atoms with E-state index in [4.69, 9.17) is 9.47 Å². The van der Waals surface area contributed by atoms with Gasteiger partial charge in [0, 0.05) is 52.7 Å². The fourth-order valence-electron chi connectivity index (χ4n) is 5.33. The van der Waals surface area contributed by atoms with Gasteiger partial charge in [0.25, 0.3) is 0 Å². The Morgan fingerprint density at radius 1 is 0.886 bits per heavy atom. The smallest absolute Gasteiger partial charge is 0.243 e. The second-order valence-electron chi connectivity index (χ2n) is 11.0. The predicted molar refractivity (Wildman–Crippen MR) is 170 cm³/mol. The molecule has 9 nitrogen and oxygen atoms in total. The molecule has 1 heterocycles. The molecule has 3 aromatic rings. The summed E-state index contributed by atoms with van der Waals surface area (Å²) in [6.45, 7) is 2.31. The third-order valence-electron chi connectivity index (χ3n) is 7.86. The van der Waals surface area contributed by atoms with Crippen molar-refractivity contribution in [2.75, 3.05) is 40.5 Å². The second-order valence-corrected chi connectivity index (χ2v) is 12.9. The van der Waals surface area contributed by atoms with E-state index in [1.54, 1.807) is 43.4 Å². The van der Waals surface area contributed by atoms with Crippen LogP contribution in [0.5, 0.6) is 5.75 Å². The lowest BCUT2D eigenvalue weighted by molar-refractivity contribution is -0.141. The number of aryl methyl sites for hydroxylation is 1. The van der Waals surface area contributed by atoms with Crippen LogP contribution < -0.4 is 10.1 Å². The number of benzene rings is 3. The largest absolute Gasteiger partial charge is 0.497 e. The van der Waals surface area contributed by atoms with E-state index in [-0.39, 0.29) is 29.7 Å². The highest BCUT2D eigenvalue weighted by molar-refractivity contribution is 7.89. The van der Waals surface area contributed by atoms with Crippen LogP contribution in [0.25, 0.3) is 0 Å². The van der Waals surface area contributed by atoms with Gasteiger partial charge in [-0.05, 0) is 66.6 Å². The summed E-state index contributed by atoms with van der Waals surface area (Å²) < 4.78 is 37.8. The van der Waals surface area contributed by atoms with Crippen LogP contribution in [0.2, 0.25) is 0 Å². The molecule has 44 heavy (non-hydrogen) atoms. The fourth-order valence-corrected chi connectivity index (χ4v) is 6.85. The fraction of sp³-hybridized carbons (Fsp3) is 0.412. The Balaban J connectivity index is 1.54. The highest BCUT2D eigenvalue weighted by Crippen LogP contribution is 2.22. The number of amides is 2. The number of nitrogens with zero attached hydrogens (tertiary/aromatic N) is 2. The molecule has 1 aliphatic heterocycles. The lowest BCUT2D eigenvalue weighted by Gasteiger charge is -2.32. The molecule has 4 rings (SSSR count). The monoisotopic (exact) mass is 621 g/mol. The van der Waals surface area contributed by atoms with Gasteiger partial charge in [0.05, 0.1) is 12.0 Å². The number of rotatable bonds is 16. The zero-order chi connectivity index (χ0) is 31.4. The van der Waals surface area contributed by atoms with Crippen LogP contribution in [-0.2, 0) is 43.7 Å². The first-order valence-corrected chi connectivity index (χ1v) is 16.6. The molecule has 1 N–H and O–H groups in total. The third-order valence-corrected chi connectivity index (χ3v) is 9.77. The minimum atomic E-state index is -3.50.